The summed E-state index contributed by atoms with van der Waals surface area (Å²) in [5, 5.41) is 120. The molecule has 0 spiro atoms. The van der Waals surface area contributed by atoms with Crippen LogP contribution < -0.4 is 5.32 Å². The highest BCUT2D eigenvalue weighted by Crippen LogP contribution is 2.33. The van der Waals surface area contributed by atoms with E-state index in [9.17, 15) is 61.0 Å². The number of carbonyl (C=O) groups is 1. The van der Waals surface area contributed by atoms with E-state index in [0.29, 0.717) is 6.42 Å². The van der Waals surface area contributed by atoms with E-state index in [1.165, 1.54) is 116 Å². The minimum atomic E-state index is -1.98. The molecule has 3 aliphatic rings. The minimum absolute atomic E-state index is 0.233. The molecule has 0 aliphatic carbocycles. The number of carbonyl (C=O) groups excluding carboxylic acids is 1. The molecule has 0 aromatic rings. The molecule has 3 saturated heterocycles. The van der Waals surface area contributed by atoms with E-state index in [0.717, 1.165) is 70.6 Å². The van der Waals surface area contributed by atoms with Gasteiger partial charge in [0.2, 0.25) is 5.91 Å². The third-order valence-corrected chi connectivity index (χ3v) is 15.5. The van der Waals surface area contributed by atoms with E-state index in [1.54, 1.807) is 6.08 Å². The highest BCUT2D eigenvalue weighted by Gasteiger charge is 2.53. The second-order valence-corrected chi connectivity index (χ2v) is 22.2. The van der Waals surface area contributed by atoms with E-state index < -0.39 is 124 Å². The number of hydrogen-bond donors (Lipinski definition) is 12. The van der Waals surface area contributed by atoms with Gasteiger partial charge in [-0.1, -0.05) is 192 Å². The van der Waals surface area contributed by atoms with Crippen LogP contribution in [0.25, 0.3) is 0 Å². The number of allylic oxidation sites excluding steroid dienone is 3. The van der Waals surface area contributed by atoms with Crippen LogP contribution in [0.4, 0.5) is 0 Å². The van der Waals surface area contributed by atoms with Gasteiger partial charge < -0.3 is 89.9 Å². The number of aliphatic hydroxyl groups excluding tert-OH is 11. The molecule has 458 valence electrons. The zero-order valence-corrected chi connectivity index (χ0v) is 47.7. The molecule has 78 heavy (non-hydrogen) atoms. The van der Waals surface area contributed by atoms with Crippen LogP contribution in [0.5, 0.6) is 0 Å². The molecular weight excluding hydrogens is 1010 g/mol. The van der Waals surface area contributed by atoms with Gasteiger partial charge in [0.15, 0.2) is 18.9 Å². The lowest BCUT2D eigenvalue weighted by Gasteiger charge is -2.48. The van der Waals surface area contributed by atoms with Crippen molar-refractivity contribution in [2.24, 2.45) is 0 Å². The molecule has 0 radical (unpaired) electrons. The lowest BCUT2D eigenvalue weighted by molar-refractivity contribution is -0.379. The molecule has 17 unspecified atom stereocenters. The molecular formula is C59H109NO18. The average molecular weight is 1120 g/mol. The lowest BCUT2D eigenvalue weighted by atomic mass is 9.96. The van der Waals surface area contributed by atoms with Crippen molar-refractivity contribution in [3.63, 3.8) is 0 Å². The van der Waals surface area contributed by atoms with Crippen LogP contribution in [0.1, 0.15) is 213 Å². The molecule has 3 aliphatic heterocycles. The lowest BCUT2D eigenvalue weighted by Crippen LogP contribution is -2.66. The molecule has 3 heterocycles. The maximum atomic E-state index is 13.2. The van der Waals surface area contributed by atoms with Gasteiger partial charge in [-0.15, -0.1) is 0 Å². The van der Waals surface area contributed by atoms with Crippen LogP contribution in [-0.2, 0) is 33.2 Å². The zero-order valence-electron chi connectivity index (χ0n) is 47.7. The van der Waals surface area contributed by atoms with Gasteiger partial charge in [0, 0.05) is 6.42 Å². The van der Waals surface area contributed by atoms with Gasteiger partial charge in [-0.05, 0) is 38.5 Å². The third-order valence-electron chi connectivity index (χ3n) is 15.5. The van der Waals surface area contributed by atoms with Crippen LogP contribution in [0.3, 0.4) is 0 Å². The van der Waals surface area contributed by atoms with Gasteiger partial charge in [-0.25, -0.2) is 0 Å². The van der Waals surface area contributed by atoms with Gasteiger partial charge in [0.25, 0.3) is 0 Å². The summed E-state index contributed by atoms with van der Waals surface area (Å²) in [6.45, 7) is 1.65. The molecule has 3 fully saturated rings. The molecule has 0 saturated carbocycles. The number of unbranched alkanes of at least 4 members (excludes halogenated alkanes) is 27. The Hall–Kier alpha value is -1.73. The number of ether oxygens (including phenoxy) is 6. The van der Waals surface area contributed by atoms with Gasteiger partial charge in [0.05, 0.1) is 38.6 Å². The van der Waals surface area contributed by atoms with Crippen molar-refractivity contribution in [3.8, 4) is 0 Å². The highest BCUT2D eigenvalue weighted by atomic mass is 16.8. The Balaban J connectivity index is 1.46. The Morgan fingerprint density at radius 2 is 0.833 bits per heavy atom. The molecule has 19 heteroatoms. The fourth-order valence-electron chi connectivity index (χ4n) is 10.4. The second-order valence-electron chi connectivity index (χ2n) is 22.2. The zero-order chi connectivity index (χ0) is 56.9. The van der Waals surface area contributed by atoms with E-state index >= 15 is 0 Å². The van der Waals surface area contributed by atoms with Crippen molar-refractivity contribution in [1.29, 1.82) is 0 Å². The largest absolute Gasteiger partial charge is 0.394 e. The Morgan fingerprint density at radius 3 is 1.29 bits per heavy atom. The quantitative estimate of drug-likeness (QED) is 0.0263. The summed E-state index contributed by atoms with van der Waals surface area (Å²) < 4.78 is 34.2. The highest BCUT2D eigenvalue weighted by molar-refractivity contribution is 5.76. The van der Waals surface area contributed by atoms with Gasteiger partial charge in [-0.2, -0.15) is 0 Å². The number of aliphatic hydroxyl groups is 11. The van der Waals surface area contributed by atoms with Gasteiger partial charge >= 0.3 is 0 Å². The predicted octanol–water partition coefficient (Wildman–Crippen LogP) is 5.54. The van der Waals surface area contributed by atoms with Crippen LogP contribution >= 0.6 is 0 Å². The summed E-state index contributed by atoms with van der Waals surface area (Å²) in [7, 11) is 0. The summed E-state index contributed by atoms with van der Waals surface area (Å²) in [6.07, 6.45) is 17.5. The fourth-order valence-corrected chi connectivity index (χ4v) is 10.4. The van der Waals surface area contributed by atoms with Gasteiger partial charge in [0.1, 0.15) is 73.2 Å². The first-order valence-electron chi connectivity index (χ1n) is 30.6. The van der Waals surface area contributed by atoms with Crippen LogP contribution in [0.15, 0.2) is 24.3 Å². The van der Waals surface area contributed by atoms with Crippen LogP contribution in [-0.4, -0.2) is 193 Å². The Bertz CT molecular complexity index is 1530. The summed E-state index contributed by atoms with van der Waals surface area (Å²) in [5.74, 6) is -0.287. The first kappa shape index (κ1) is 70.5. The molecule has 17 atom stereocenters. The molecule has 0 aromatic heterocycles. The smallest absolute Gasteiger partial charge is 0.220 e. The maximum Gasteiger partial charge on any atom is 0.220 e. The Labute approximate surface area is 467 Å². The number of rotatable bonds is 45. The molecule has 0 aromatic carbocycles. The van der Waals surface area contributed by atoms with Crippen molar-refractivity contribution in [1.82, 2.24) is 5.32 Å². The van der Waals surface area contributed by atoms with Crippen molar-refractivity contribution in [2.45, 2.75) is 317 Å². The molecule has 19 nitrogen and oxygen atoms in total. The van der Waals surface area contributed by atoms with Crippen LogP contribution in [0, 0.1) is 0 Å². The van der Waals surface area contributed by atoms with Crippen molar-refractivity contribution in [2.75, 3.05) is 26.4 Å². The third kappa shape index (κ3) is 26.7. The van der Waals surface area contributed by atoms with Crippen molar-refractivity contribution in [3.05, 3.63) is 24.3 Å². The molecule has 0 bridgehead atoms. The summed E-state index contributed by atoms with van der Waals surface area (Å²) in [5.41, 5.74) is 0. The topological polar surface area (TPSA) is 307 Å². The van der Waals surface area contributed by atoms with E-state index in [4.69, 9.17) is 28.4 Å². The summed E-state index contributed by atoms with van der Waals surface area (Å²) in [6, 6.07) is -0.973. The Morgan fingerprint density at radius 1 is 0.449 bits per heavy atom. The fraction of sp³-hybridized carbons (Fsp3) is 0.915. The SMILES string of the molecule is CCC/C=C\CCCCCCCC(=O)NC(COC1OC(CO)C(OC2OC(CO)C(OC3OC(CO)C(O)C(O)C3O)C(O)C2O)C(O)C1O)C(O)/C=C/CCCCCCCCCCCCCCCCCCCCCCC. The Kier molecular flexibility index (Phi) is 38.9. The first-order chi connectivity index (χ1) is 37.8. The first-order valence-corrected chi connectivity index (χ1v) is 30.6. The van der Waals surface area contributed by atoms with Crippen molar-refractivity contribution < 1.29 is 89.4 Å². The average Bonchev–Trinajstić information content (AvgIpc) is 3.44. The van der Waals surface area contributed by atoms with E-state index in [1.807, 2.05) is 6.08 Å². The maximum absolute atomic E-state index is 13.2. The second kappa shape index (κ2) is 43.0. The normalized spacial score (nSPS) is 30.6. The minimum Gasteiger partial charge on any atom is -0.394 e. The summed E-state index contributed by atoms with van der Waals surface area (Å²) >= 11 is 0. The van der Waals surface area contributed by atoms with Crippen LogP contribution in [0.2, 0.25) is 0 Å². The monoisotopic (exact) mass is 1120 g/mol. The van der Waals surface area contributed by atoms with E-state index in [2.05, 4.69) is 31.3 Å². The number of nitrogens with one attached hydrogen (secondary N) is 1. The standard InChI is InChI=1S/C59H109NO18/c1-3-5-7-9-11-13-15-16-17-18-19-20-21-22-23-24-25-26-27-28-30-32-34-36-43(64)42(60-47(65)37-35-33-31-29-14-12-10-8-6-4-2)41-73-57-53(71)50(68)55(45(39-62)75-57)78-59-54(72)51(69)56(46(40-63)76-59)77-58-52(70)49(67)48(66)44(38-61)74-58/h8,10,34,36,42-46,48-59,61-64,66-72H,3-7,9,11-33,35,37-41H2,1-2H3,(H,60,65)/b10-8-,36-34+. The summed E-state index contributed by atoms with van der Waals surface area (Å²) in [4.78, 5) is 13.2. The molecule has 1 amide bonds. The molecule has 3 rings (SSSR count). The van der Waals surface area contributed by atoms with Crippen molar-refractivity contribution >= 4 is 5.91 Å². The predicted molar refractivity (Wildman–Crippen MR) is 296 cm³/mol. The number of amides is 1. The number of hydrogen-bond acceptors (Lipinski definition) is 18. The van der Waals surface area contributed by atoms with Gasteiger partial charge in [-0.3, -0.25) is 4.79 Å². The molecule has 12 N–H and O–H groups in total. The van der Waals surface area contributed by atoms with E-state index in [-0.39, 0.29) is 18.9 Å².